The van der Waals surface area contributed by atoms with Gasteiger partial charge in [-0.15, -0.1) is 15.3 Å². The fourth-order valence-electron chi connectivity index (χ4n) is 4.85. The van der Waals surface area contributed by atoms with Crippen LogP contribution in [0.5, 0.6) is 0 Å². The zero-order valence-corrected chi connectivity index (χ0v) is 24.1. The quantitative estimate of drug-likeness (QED) is 0.183. The summed E-state index contributed by atoms with van der Waals surface area (Å²) in [6.45, 7) is 6.31. The first-order valence-electron chi connectivity index (χ1n) is 13.9. The molecule has 0 unspecified atom stereocenters. The van der Waals surface area contributed by atoms with Crippen LogP contribution >= 0.6 is 11.3 Å². The van der Waals surface area contributed by atoms with E-state index in [1.807, 2.05) is 85.8 Å². The summed E-state index contributed by atoms with van der Waals surface area (Å²) in [5.74, 6) is 0. The van der Waals surface area contributed by atoms with Crippen molar-refractivity contribution in [3.8, 4) is 0 Å². The second-order valence-electron chi connectivity index (χ2n) is 10.2. The van der Waals surface area contributed by atoms with E-state index >= 15 is 0 Å². The predicted octanol–water partition coefficient (Wildman–Crippen LogP) is 11.8. The van der Waals surface area contributed by atoms with Gasteiger partial charge in [0.2, 0.25) is 0 Å². The molecule has 1 aliphatic rings. The molecule has 0 aliphatic carbocycles. The van der Waals surface area contributed by atoms with Crippen molar-refractivity contribution in [2.75, 3.05) is 18.0 Å². The van der Waals surface area contributed by atoms with E-state index in [1.54, 1.807) is 11.3 Å². The molecule has 1 aliphatic heterocycles. The lowest BCUT2D eigenvalue weighted by atomic mass is 10.1. The number of thiophene rings is 1. The average molecular weight is 558 g/mol. The molecule has 8 heteroatoms. The molecule has 0 radical (unpaired) electrons. The molecule has 1 saturated heterocycles. The highest BCUT2D eigenvalue weighted by molar-refractivity contribution is 7.19. The number of benzene rings is 4. The summed E-state index contributed by atoms with van der Waals surface area (Å²) in [4.78, 5) is 2.45. The van der Waals surface area contributed by atoms with Gasteiger partial charge in [-0.1, -0.05) is 53.3 Å². The molecule has 204 valence electrons. The highest BCUT2D eigenvalue weighted by Crippen LogP contribution is 2.38. The smallest absolute Gasteiger partial charge is 0.140 e. The Hall–Kier alpha value is -4.56. The van der Waals surface area contributed by atoms with Crippen LogP contribution in [0.25, 0.3) is 10.8 Å². The molecule has 0 spiro atoms. The van der Waals surface area contributed by atoms with Crippen molar-refractivity contribution < 1.29 is 0 Å². The van der Waals surface area contributed by atoms with Crippen LogP contribution in [0.3, 0.4) is 0 Å². The fourth-order valence-corrected chi connectivity index (χ4v) is 5.73. The third-order valence-corrected chi connectivity index (χ3v) is 8.17. The van der Waals surface area contributed by atoms with Crippen molar-refractivity contribution in [2.45, 2.75) is 33.1 Å². The molecule has 5 aromatic rings. The molecule has 1 fully saturated rings. The van der Waals surface area contributed by atoms with Crippen LogP contribution in [0.15, 0.2) is 122 Å². The van der Waals surface area contributed by atoms with Crippen LogP contribution in [-0.2, 0) is 0 Å². The third-order valence-electron chi connectivity index (χ3n) is 7.14. The number of piperidine rings is 1. The Labute approximate surface area is 244 Å². The summed E-state index contributed by atoms with van der Waals surface area (Å²) in [5.41, 5.74) is 6.16. The van der Waals surface area contributed by atoms with Gasteiger partial charge in [-0.05, 0) is 93.3 Å². The van der Waals surface area contributed by atoms with Crippen LogP contribution in [0.1, 0.15) is 30.4 Å². The maximum Gasteiger partial charge on any atom is 0.140 e. The topological polar surface area (TPSA) is 77.4 Å². The molecule has 1 aromatic heterocycles. The maximum atomic E-state index is 4.61. The van der Waals surface area contributed by atoms with Crippen molar-refractivity contribution in [1.29, 1.82) is 0 Å². The number of anilines is 1. The Morgan fingerprint density at radius 3 is 1.88 bits per heavy atom. The van der Waals surface area contributed by atoms with Crippen molar-refractivity contribution in [1.82, 2.24) is 0 Å². The molecule has 0 atom stereocenters. The average Bonchev–Trinajstić information content (AvgIpc) is 3.49. The number of hydrogen-bond acceptors (Lipinski definition) is 8. The monoisotopic (exact) mass is 557 g/mol. The van der Waals surface area contributed by atoms with E-state index in [9.17, 15) is 0 Å². The Kier molecular flexibility index (Phi) is 8.00. The molecule has 4 aromatic carbocycles. The molecule has 0 N–H and O–H groups in total. The Morgan fingerprint density at radius 2 is 1.17 bits per heavy atom. The highest BCUT2D eigenvalue weighted by atomic mass is 32.1. The van der Waals surface area contributed by atoms with Crippen LogP contribution in [0, 0.1) is 13.8 Å². The maximum absolute atomic E-state index is 4.61. The van der Waals surface area contributed by atoms with Gasteiger partial charge in [0.25, 0.3) is 0 Å². The largest absolute Gasteiger partial charge is 0.363 e. The highest BCUT2D eigenvalue weighted by Gasteiger charge is 2.13. The van der Waals surface area contributed by atoms with Crippen LogP contribution < -0.4 is 4.90 Å². The minimum absolute atomic E-state index is 0.756. The van der Waals surface area contributed by atoms with E-state index in [4.69, 9.17) is 0 Å². The first kappa shape index (κ1) is 26.7. The molecular weight excluding hydrogens is 526 g/mol. The van der Waals surface area contributed by atoms with Crippen molar-refractivity contribution >= 4 is 60.5 Å². The first-order valence-corrected chi connectivity index (χ1v) is 14.7. The van der Waals surface area contributed by atoms with Gasteiger partial charge in [0, 0.05) is 23.9 Å². The van der Waals surface area contributed by atoms with E-state index in [-0.39, 0.29) is 0 Å². The normalized spacial score (nSPS) is 14.2. The van der Waals surface area contributed by atoms with Gasteiger partial charge >= 0.3 is 0 Å². The van der Waals surface area contributed by atoms with Crippen molar-refractivity contribution in [3.63, 3.8) is 0 Å². The van der Waals surface area contributed by atoms with Crippen LogP contribution in [-0.4, -0.2) is 13.1 Å². The first-order chi connectivity index (χ1) is 20.1. The van der Waals surface area contributed by atoms with Crippen LogP contribution in [0.2, 0.25) is 0 Å². The Balaban J connectivity index is 1.19. The lowest BCUT2D eigenvalue weighted by Gasteiger charge is -2.26. The molecule has 0 saturated carbocycles. The van der Waals surface area contributed by atoms with E-state index in [0.29, 0.717) is 0 Å². The second kappa shape index (κ2) is 12.3. The number of hydrogen-bond donors (Lipinski definition) is 0. The molecular formula is C33H31N7S. The lowest BCUT2D eigenvalue weighted by Crippen LogP contribution is -2.28. The summed E-state index contributed by atoms with van der Waals surface area (Å²) in [6, 6.07) is 30.0. The Morgan fingerprint density at radius 1 is 0.561 bits per heavy atom. The number of rotatable bonds is 7. The molecule has 0 amide bonds. The van der Waals surface area contributed by atoms with Crippen molar-refractivity contribution in [3.05, 3.63) is 102 Å². The minimum Gasteiger partial charge on any atom is -0.363 e. The van der Waals surface area contributed by atoms with Gasteiger partial charge in [-0.25, -0.2) is 0 Å². The Bertz CT molecular complexity index is 1750. The summed E-state index contributed by atoms with van der Waals surface area (Å²) < 4.78 is 0. The van der Waals surface area contributed by atoms with Gasteiger partial charge < -0.3 is 4.90 Å². The van der Waals surface area contributed by atoms with Crippen LogP contribution in [0.4, 0.5) is 38.4 Å². The molecule has 41 heavy (non-hydrogen) atoms. The summed E-state index contributed by atoms with van der Waals surface area (Å²) in [5, 5.41) is 31.2. The van der Waals surface area contributed by atoms with Gasteiger partial charge in [0.05, 0.1) is 33.4 Å². The summed E-state index contributed by atoms with van der Waals surface area (Å²) in [6.07, 6.45) is 3.84. The van der Waals surface area contributed by atoms with E-state index in [1.165, 1.54) is 29.8 Å². The zero-order valence-electron chi connectivity index (χ0n) is 23.2. The summed E-state index contributed by atoms with van der Waals surface area (Å²) >= 11 is 1.70. The lowest BCUT2D eigenvalue weighted by molar-refractivity contribution is 0.580. The van der Waals surface area contributed by atoms with Gasteiger partial charge in [0.1, 0.15) is 5.00 Å². The molecule has 6 rings (SSSR count). The van der Waals surface area contributed by atoms with E-state index in [2.05, 4.69) is 54.6 Å². The number of aryl methyl sites for hydroxylation is 2. The number of nitrogens with zero attached hydrogens (tertiary/aromatic N) is 7. The van der Waals surface area contributed by atoms with E-state index in [0.717, 1.165) is 62.9 Å². The third kappa shape index (κ3) is 6.44. The van der Waals surface area contributed by atoms with Gasteiger partial charge in [0.15, 0.2) is 0 Å². The fraction of sp³-hybridized carbons (Fsp3) is 0.212. The number of azo groups is 3. The van der Waals surface area contributed by atoms with E-state index < -0.39 is 0 Å². The number of fused-ring (bicyclic) bond motifs is 1. The second-order valence-corrected chi connectivity index (χ2v) is 11.3. The van der Waals surface area contributed by atoms with Gasteiger partial charge in [-0.2, -0.15) is 15.3 Å². The predicted molar refractivity (Wildman–Crippen MR) is 169 cm³/mol. The zero-order chi connectivity index (χ0) is 28.0. The SMILES string of the molecule is Cc1ccc(N=Nc2ccc(N=Nc3ccc(N=Nc4ccc(N5CCCCC5)s4)c4ccccc34)cc2C)cc1. The molecule has 7 nitrogen and oxygen atoms in total. The van der Waals surface area contributed by atoms with Crippen molar-refractivity contribution in [2.24, 2.45) is 30.7 Å². The molecule has 2 heterocycles. The minimum atomic E-state index is 0.756. The standard InChI is InChI=1S/C33H31N7S/c1-23-10-12-25(13-11-23)34-36-29-15-14-26(22-24(29)2)35-37-30-16-17-31(28-9-5-4-8-27(28)30)38-39-32-18-19-33(41-32)40-20-6-3-7-21-40/h4-5,8-19,22H,3,6-7,20-21H2,1-2H3. The van der Waals surface area contributed by atoms with Gasteiger partial charge in [-0.3, -0.25) is 0 Å². The molecule has 0 bridgehead atoms. The summed E-state index contributed by atoms with van der Waals surface area (Å²) in [7, 11) is 0.